The maximum atomic E-state index is 13.2. The number of fused-ring (bicyclic) bond motifs is 2. The summed E-state index contributed by atoms with van der Waals surface area (Å²) in [5, 5.41) is 16.1. The molecule has 0 aliphatic heterocycles. The van der Waals surface area contributed by atoms with E-state index in [0.29, 0.717) is 36.9 Å². The summed E-state index contributed by atoms with van der Waals surface area (Å²) in [4.78, 5) is 45.2. The maximum Gasteiger partial charge on any atom is 0.266 e. The Labute approximate surface area is 208 Å². The first-order chi connectivity index (χ1) is 16.9. The van der Waals surface area contributed by atoms with E-state index in [2.05, 4.69) is 21.7 Å². The van der Waals surface area contributed by atoms with Gasteiger partial charge in [-0.1, -0.05) is 18.2 Å². The molecule has 10 heteroatoms. The van der Waals surface area contributed by atoms with E-state index < -0.39 is 5.91 Å². The Morgan fingerprint density at radius 1 is 1.17 bits per heavy atom. The van der Waals surface area contributed by atoms with E-state index >= 15 is 0 Å². The first-order valence-corrected chi connectivity index (χ1v) is 12.7. The van der Waals surface area contributed by atoms with Crippen LogP contribution in [0.25, 0.3) is 10.2 Å². The van der Waals surface area contributed by atoms with Crippen molar-refractivity contribution in [2.45, 2.75) is 39.7 Å². The number of hydrogen-bond acceptors (Lipinski definition) is 7. The molecule has 0 bridgehead atoms. The lowest BCUT2D eigenvalue weighted by Crippen LogP contribution is -2.28. The van der Waals surface area contributed by atoms with Gasteiger partial charge in [0.05, 0.1) is 22.2 Å². The summed E-state index contributed by atoms with van der Waals surface area (Å²) in [6.07, 6.45) is 4.11. The Morgan fingerprint density at radius 3 is 2.74 bits per heavy atom. The topological polar surface area (TPSA) is 117 Å². The second-order valence-corrected chi connectivity index (χ2v) is 10.5. The molecule has 0 atom stereocenters. The molecule has 0 unspecified atom stereocenters. The van der Waals surface area contributed by atoms with Gasteiger partial charge >= 0.3 is 0 Å². The number of aryl methyl sites for hydroxylation is 3. The van der Waals surface area contributed by atoms with Crippen LogP contribution in [0.1, 0.15) is 43.2 Å². The normalized spacial score (nSPS) is 12.4. The molecule has 3 heterocycles. The molecule has 2 N–H and O–H groups in total. The fourth-order valence-electron chi connectivity index (χ4n) is 4.31. The smallest absolute Gasteiger partial charge is 0.266 e. The number of nitriles is 1. The van der Waals surface area contributed by atoms with Crippen molar-refractivity contribution in [1.82, 2.24) is 9.55 Å². The van der Waals surface area contributed by atoms with Gasteiger partial charge in [0.25, 0.3) is 11.5 Å². The summed E-state index contributed by atoms with van der Waals surface area (Å²) in [7, 11) is 0. The molecule has 0 fully saturated rings. The molecule has 0 saturated carbocycles. The number of hydrogen-bond donors (Lipinski definition) is 2. The van der Waals surface area contributed by atoms with Crippen LogP contribution in [0.15, 0.2) is 35.4 Å². The van der Waals surface area contributed by atoms with Crippen LogP contribution >= 0.6 is 22.7 Å². The Balaban J connectivity index is 1.39. The van der Waals surface area contributed by atoms with Gasteiger partial charge in [0, 0.05) is 10.6 Å². The van der Waals surface area contributed by atoms with Crippen molar-refractivity contribution in [2.24, 2.45) is 0 Å². The minimum atomic E-state index is -0.407. The molecule has 8 nitrogen and oxygen atoms in total. The maximum absolute atomic E-state index is 13.2. The van der Waals surface area contributed by atoms with E-state index in [9.17, 15) is 19.6 Å². The third-order valence-electron chi connectivity index (χ3n) is 6.12. The first kappa shape index (κ1) is 23.0. The molecule has 176 valence electrons. The lowest BCUT2D eigenvalue weighted by Gasteiger charge is -2.07. The van der Waals surface area contributed by atoms with Crippen LogP contribution in [0.5, 0.6) is 0 Å². The first-order valence-electron chi connectivity index (χ1n) is 11.1. The largest absolute Gasteiger partial charge is 0.321 e. The van der Waals surface area contributed by atoms with Crippen molar-refractivity contribution < 1.29 is 9.59 Å². The van der Waals surface area contributed by atoms with Crippen molar-refractivity contribution in [3.05, 3.63) is 73.0 Å². The molecule has 4 aromatic rings. The van der Waals surface area contributed by atoms with Gasteiger partial charge in [-0.2, -0.15) is 5.26 Å². The number of aromatic nitrogens is 2. The molecular formula is C25H21N5O3S2. The van der Waals surface area contributed by atoms with Gasteiger partial charge in [-0.05, 0) is 55.9 Å². The monoisotopic (exact) mass is 503 g/mol. The fourth-order valence-corrected chi connectivity index (χ4v) is 6.60. The minimum Gasteiger partial charge on any atom is -0.321 e. The average molecular weight is 504 g/mol. The zero-order valence-corrected chi connectivity index (χ0v) is 20.7. The standard InChI is InChI=1S/C25H21N5O3S2/c1-13-6-3-4-8-17(13)28-22(32)21-14(2)20-24(35-21)27-12-30(25(20)33)11-19(31)29-23-16(10-26)15-7-5-9-18(15)34-23/h3-4,6,8,12H,5,7,9,11H2,1-2H3,(H,28,32)(H,29,31). The Morgan fingerprint density at radius 2 is 1.97 bits per heavy atom. The van der Waals surface area contributed by atoms with Crippen LogP contribution in [0.2, 0.25) is 0 Å². The highest BCUT2D eigenvalue weighted by molar-refractivity contribution is 7.20. The number of anilines is 2. The van der Waals surface area contributed by atoms with Crippen molar-refractivity contribution in [2.75, 3.05) is 10.6 Å². The van der Waals surface area contributed by atoms with Crippen molar-refractivity contribution in [3.63, 3.8) is 0 Å². The van der Waals surface area contributed by atoms with E-state index in [-0.39, 0.29) is 18.0 Å². The number of amides is 2. The van der Waals surface area contributed by atoms with Crippen LogP contribution in [0.4, 0.5) is 10.7 Å². The summed E-state index contributed by atoms with van der Waals surface area (Å²) in [6.45, 7) is 3.38. The zero-order chi connectivity index (χ0) is 24.7. The highest BCUT2D eigenvalue weighted by Crippen LogP contribution is 2.38. The predicted octanol–water partition coefficient (Wildman–Crippen LogP) is 4.39. The second-order valence-electron chi connectivity index (χ2n) is 8.40. The number of carbonyl (C=O) groups excluding carboxylic acids is 2. The number of benzene rings is 1. The van der Waals surface area contributed by atoms with Gasteiger partial charge in [-0.25, -0.2) is 4.98 Å². The number of nitrogens with one attached hydrogen (secondary N) is 2. The zero-order valence-electron chi connectivity index (χ0n) is 19.1. The van der Waals surface area contributed by atoms with Gasteiger partial charge in [0.15, 0.2) is 0 Å². The number of rotatable bonds is 5. The molecule has 2 amide bonds. The van der Waals surface area contributed by atoms with E-state index in [1.165, 1.54) is 22.2 Å². The van der Waals surface area contributed by atoms with Crippen LogP contribution in [-0.2, 0) is 24.2 Å². The van der Waals surface area contributed by atoms with E-state index in [1.54, 1.807) is 6.92 Å². The number of nitrogens with zero attached hydrogens (tertiary/aromatic N) is 3. The van der Waals surface area contributed by atoms with Gasteiger partial charge in [0.2, 0.25) is 5.91 Å². The van der Waals surface area contributed by atoms with Crippen LogP contribution in [0, 0.1) is 25.2 Å². The Bertz CT molecular complexity index is 1610. The number of carbonyl (C=O) groups is 2. The fraction of sp³-hybridized carbons (Fsp3) is 0.240. The third-order valence-corrected chi connectivity index (χ3v) is 8.52. The quantitative estimate of drug-likeness (QED) is 0.419. The van der Waals surface area contributed by atoms with E-state index in [0.717, 1.165) is 46.6 Å². The Hall–Kier alpha value is -3.81. The highest BCUT2D eigenvalue weighted by Gasteiger charge is 2.24. The van der Waals surface area contributed by atoms with Crippen LogP contribution < -0.4 is 16.2 Å². The molecule has 35 heavy (non-hydrogen) atoms. The molecule has 1 aliphatic rings. The number of thiophene rings is 2. The molecule has 3 aromatic heterocycles. The molecule has 0 saturated heterocycles. The van der Waals surface area contributed by atoms with Crippen LogP contribution in [0.3, 0.4) is 0 Å². The van der Waals surface area contributed by atoms with E-state index in [4.69, 9.17) is 0 Å². The average Bonchev–Trinajstić information content (AvgIpc) is 3.50. The molecule has 1 aliphatic carbocycles. The molecular weight excluding hydrogens is 482 g/mol. The van der Waals surface area contributed by atoms with Gasteiger partial charge in [-0.3, -0.25) is 19.0 Å². The predicted molar refractivity (Wildman–Crippen MR) is 137 cm³/mol. The Kier molecular flexibility index (Phi) is 5.96. The van der Waals surface area contributed by atoms with Crippen LogP contribution in [-0.4, -0.2) is 21.4 Å². The lowest BCUT2D eigenvalue weighted by atomic mass is 10.1. The number of para-hydroxylation sites is 1. The summed E-state index contributed by atoms with van der Waals surface area (Å²) < 4.78 is 1.23. The lowest BCUT2D eigenvalue weighted by molar-refractivity contribution is -0.116. The minimum absolute atomic E-state index is 0.241. The van der Waals surface area contributed by atoms with Gasteiger partial charge < -0.3 is 10.6 Å². The van der Waals surface area contributed by atoms with Gasteiger partial charge in [0.1, 0.15) is 22.4 Å². The summed E-state index contributed by atoms with van der Waals surface area (Å²) in [5.74, 6) is -0.714. The summed E-state index contributed by atoms with van der Waals surface area (Å²) in [6, 6.07) is 9.66. The molecule has 5 rings (SSSR count). The van der Waals surface area contributed by atoms with E-state index in [1.807, 2.05) is 31.2 Å². The SMILES string of the molecule is Cc1ccccc1NC(=O)c1sc2ncn(CC(=O)Nc3sc4c(c3C#N)CCC4)c(=O)c2c1C. The molecule has 1 aromatic carbocycles. The third kappa shape index (κ3) is 4.13. The van der Waals surface area contributed by atoms with Crippen molar-refractivity contribution in [1.29, 1.82) is 5.26 Å². The van der Waals surface area contributed by atoms with Crippen molar-refractivity contribution >= 4 is 55.4 Å². The second kappa shape index (κ2) is 9.09. The van der Waals surface area contributed by atoms with Gasteiger partial charge in [-0.15, -0.1) is 22.7 Å². The molecule has 0 radical (unpaired) electrons. The van der Waals surface area contributed by atoms with Crippen molar-refractivity contribution in [3.8, 4) is 6.07 Å². The summed E-state index contributed by atoms with van der Waals surface area (Å²) >= 11 is 2.58. The highest BCUT2D eigenvalue weighted by atomic mass is 32.1. The summed E-state index contributed by atoms with van der Waals surface area (Å²) in [5.41, 5.74) is 3.33. The molecule has 0 spiro atoms.